The van der Waals surface area contributed by atoms with Crippen molar-refractivity contribution in [2.75, 3.05) is 0 Å². The highest BCUT2D eigenvalue weighted by Crippen LogP contribution is 2.34. The van der Waals surface area contributed by atoms with Gasteiger partial charge in [0.15, 0.2) is 5.69 Å². The van der Waals surface area contributed by atoms with Crippen molar-refractivity contribution in [1.29, 1.82) is 0 Å². The van der Waals surface area contributed by atoms with E-state index in [4.69, 9.17) is 0 Å². The van der Waals surface area contributed by atoms with Crippen LogP contribution in [-0.2, 0) is 12.8 Å². The zero-order valence-corrected chi connectivity index (χ0v) is 16.3. The SMILES string of the molecule is CC(C)(C)CC1CCc2[nH]nc(C(=O)NN=CC=Cc3ccccc3)c2C1. The van der Waals surface area contributed by atoms with Crippen LogP contribution in [0.2, 0.25) is 0 Å². The molecule has 1 atom stereocenters. The number of amides is 1. The summed E-state index contributed by atoms with van der Waals surface area (Å²) >= 11 is 0. The van der Waals surface area contributed by atoms with Gasteiger partial charge in [-0.25, -0.2) is 5.43 Å². The molecule has 3 rings (SSSR count). The van der Waals surface area contributed by atoms with Crippen LogP contribution in [0.5, 0.6) is 0 Å². The number of carbonyl (C=O) groups is 1. The fourth-order valence-electron chi connectivity index (χ4n) is 3.71. The van der Waals surface area contributed by atoms with Crippen LogP contribution in [-0.4, -0.2) is 22.3 Å². The Morgan fingerprint density at radius 3 is 2.85 bits per heavy atom. The third-order valence-electron chi connectivity index (χ3n) is 4.78. The second-order valence-electron chi connectivity index (χ2n) is 8.39. The highest BCUT2D eigenvalue weighted by molar-refractivity contribution is 5.94. The number of aromatic nitrogens is 2. The standard InChI is InChI=1S/C22H28N4O/c1-22(2,3)15-17-11-12-19-18(14-17)20(25-24-19)21(27)26-23-13-7-10-16-8-5-4-6-9-16/h4-10,13,17H,11-12,14-15H2,1-3H3,(H,24,25)(H,26,27). The maximum atomic E-state index is 12.5. The molecule has 0 saturated carbocycles. The van der Waals surface area contributed by atoms with Crippen molar-refractivity contribution in [1.82, 2.24) is 15.6 Å². The second kappa shape index (κ2) is 8.33. The van der Waals surface area contributed by atoms with E-state index in [0.29, 0.717) is 17.0 Å². The Labute approximate surface area is 161 Å². The molecule has 2 N–H and O–H groups in total. The van der Waals surface area contributed by atoms with Crippen molar-refractivity contribution >= 4 is 18.2 Å². The molecule has 0 aliphatic heterocycles. The van der Waals surface area contributed by atoms with Crippen LogP contribution < -0.4 is 5.43 Å². The molecule has 0 radical (unpaired) electrons. The van der Waals surface area contributed by atoms with Gasteiger partial charge in [-0.15, -0.1) is 0 Å². The van der Waals surface area contributed by atoms with Gasteiger partial charge >= 0.3 is 0 Å². The molecule has 5 nitrogen and oxygen atoms in total. The fourth-order valence-corrected chi connectivity index (χ4v) is 3.71. The molecule has 0 fully saturated rings. The summed E-state index contributed by atoms with van der Waals surface area (Å²) in [6.45, 7) is 6.80. The lowest BCUT2D eigenvalue weighted by atomic mass is 9.76. The van der Waals surface area contributed by atoms with Crippen LogP contribution in [0, 0.1) is 11.3 Å². The van der Waals surface area contributed by atoms with E-state index in [-0.39, 0.29) is 5.91 Å². The van der Waals surface area contributed by atoms with Gasteiger partial charge in [-0.1, -0.05) is 57.2 Å². The number of aromatic amines is 1. The number of fused-ring (bicyclic) bond motifs is 1. The molecule has 1 unspecified atom stereocenters. The summed E-state index contributed by atoms with van der Waals surface area (Å²) in [6.07, 6.45) is 9.48. The number of H-pyrrole nitrogens is 1. The Kier molecular flexibility index (Phi) is 5.89. The number of aryl methyl sites for hydroxylation is 1. The van der Waals surface area contributed by atoms with E-state index in [9.17, 15) is 4.79 Å². The third kappa shape index (κ3) is 5.39. The molecule has 0 spiro atoms. The van der Waals surface area contributed by atoms with Gasteiger partial charge in [-0.3, -0.25) is 9.89 Å². The predicted molar refractivity (Wildman–Crippen MR) is 110 cm³/mol. The quantitative estimate of drug-likeness (QED) is 0.610. The Morgan fingerprint density at radius 1 is 1.33 bits per heavy atom. The van der Waals surface area contributed by atoms with E-state index in [0.717, 1.165) is 42.5 Å². The molecule has 5 heteroatoms. The first-order valence-corrected chi connectivity index (χ1v) is 9.53. The van der Waals surface area contributed by atoms with E-state index >= 15 is 0 Å². The smallest absolute Gasteiger partial charge is 0.281 e. The molecule has 1 aliphatic carbocycles. The first-order valence-electron chi connectivity index (χ1n) is 9.53. The van der Waals surface area contributed by atoms with Gasteiger partial charge in [0, 0.05) is 17.5 Å². The Morgan fingerprint density at radius 2 is 2.11 bits per heavy atom. The summed E-state index contributed by atoms with van der Waals surface area (Å²) in [6, 6.07) is 9.95. The molecule has 0 bridgehead atoms. The largest absolute Gasteiger partial charge is 0.292 e. The molecule has 1 amide bonds. The second-order valence-corrected chi connectivity index (χ2v) is 8.39. The molecule has 1 aromatic heterocycles. The number of hydrogen-bond acceptors (Lipinski definition) is 3. The summed E-state index contributed by atoms with van der Waals surface area (Å²) in [5.74, 6) is 0.340. The summed E-state index contributed by atoms with van der Waals surface area (Å²) < 4.78 is 0. The fraction of sp³-hybridized carbons (Fsp3) is 0.409. The molecule has 0 saturated heterocycles. The lowest BCUT2D eigenvalue weighted by Crippen LogP contribution is -2.24. The van der Waals surface area contributed by atoms with Crippen LogP contribution >= 0.6 is 0 Å². The molecule has 1 aliphatic rings. The zero-order chi connectivity index (χ0) is 19.3. The van der Waals surface area contributed by atoms with Gasteiger partial charge in [0.2, 0.25) is 0 Å². The highest BCUT2D eigenvalue weighted by Gasteiger charge is 2.28. The summed E-state index contributed by atoms with van der Waals surface area (Å²) in [7, 11) is 0. The van der Waals surface area contributed by atoms with E-state index < -0.39 is 0 Å². The molecular weight excluding hydrogens is 336 g/mol. The van der Waals surface area contributed by atoms with Gasteiger partial charge in [-0.05, 0) is 48.7 Å². The third-order valence-corrected chi connectivity index (χ3v) is 4.78. The van der Waals surface area contributed by atoms with Crippen molar-refractivity contribution in [3.05, 3.63) is 58.9 Å². The normalized spacial score (nSPS) is 17.4. The number of carbonyl (C=O) groups excluding carboxylic acids is 1. The topological polar surface area (TPSA) is 70.1 Å². The molecule has 27 heavy (non-hydrogen) atoms. The van der Waals surface area contributed by atoms with E-state index in [1.54, 1.807) is 12.3 Å². The van der Waals surface area contributed by atoms with Crippen LogP contribution in [0.3, 0.4) is 0 Å². The van der Waals surface area contributed by atoms with Crippen LogP contribution in [0.15, 0.2) is 41.5 Å². The van der Waals surface area contributed by atoms with Gasteiger partial charge in [-0.2, -0.15) is 10.2 Å². The first kappa shape index (κ1) is 19.1. The molecular formula is C22H28N4O. The van der Waals surface area contributed by atoms with E-state index in [1.807, 2.05) is 36.4 Å². The number of nitrogens with zero attached hydrogens (tertiary/aromatic N) is 2. The molecule has 1 heterocycles. The van der Waals surface area contributed by atoms with Crippen molar-refractivity contribution in [3.8, 4) is 0 Å². The summed E-state index contributed by atoms with van der Waals surface area (Å²) in [5, 5.41) is 11.3. The van der Waals surface area contributed by atoms with Crippen molar-refractivity contribution in [2.24, 2.45) is 16.4 Å². The average molecular weight is 364 g/mol. The minimum absolute atomic E-state index is 0.256. The van der Waals surface area contributed by atoms with Crippen LogP contribution in [0.4, 0.5) is 0 Å². The van der Waals surface area contributed by atoms with E-state index in [1.165, 1.54) is 0 Å². The lowest BCUT2D eigenvalue weighted by molar-refractivity contribution is 0.0948. The Balaban J connectivity index is 1.59. The van der Waals surface area contributed by atoms with Crippen molar-refractivity contribution in [2.45, 2.75) is 46.5 Å². The monoisotopic (exact) mass is 364 g/mol. The maximum absolute atomic E-state index is 12.5. The predicted octanol–water partition coefficient (Wildman–Crippen LogP) is 4.38. The van der Waals surface area contributed by atoms with Gasteiger partial charge in [0.05, 0.1) is 0 Å². The van der Waals surface area contributed by atoms with Gasteiger partial charge in [0.1, 0.15) is 0 Å². The van der Waals surface area contributed by atoms with Gasteiger partial charge in [0.25, 0.3) is 5.91 Å². The molecule has 1 aromatic carbocycles. The number of allylic oxidation sites excluding steroid dienone is 1. The average Bonchev–Trinajstić information content (AvgIpc) is 3.04. The maximum Gasteiger partial charge on any atom is 0.292 e. The number of benzene rings is 1. The van der Waals surface area contributed by atoms with Crippen molar-refractivity contribution in [3.63, 3.8) is 0 Å². The number of hydrazone groups is 1. The summed E-state index contributed by atoms with van der Waals surface area (Å²) in [5.41, 5.74) is 6.59. The highest BCUT2D eigenvalue weighted by atomic mass is 16.2. The summed E-state index contributed by atoms with van der Waals surface area (Å²) in [4.78, 5) is 12.5. The lowest BCUT2D eigenvalue weighted by Gasteiger charge is -2.28. The van der Waals surface area contributed by atoms with Crippen LogP contribution in [0.1, 0.15) is 60.9 Å². The van der Waals surface area contributed by atoms with Crippen molar-refractivity contribution < 1.29 is 4.79 Å². The minimum atomic E-state index is -0.256. The first-order chi connectivity index (χ1) is 12.9. The number of nitrogens with one attached hydrogen (secondary N) is 2. The molecule has 142 valence electrons. The van der Waals surface area contributed by atoms with E-state index in [2.05, 4.69) is 41.5 Å². The van der Waals surface area contributed by atoms with Crippen LogP contribution in [0.25, 0.3) is 6.08 Å². The number of hydrogen-bond donors (Lipinski definition) is 2. The minimum Gasteiger partial charge on any atom is -0.281 e. The Hall–Kier alpha value is -2.69. The molecule has 2 aromatic rings. The zero-order valence-electron chi connectivity index (χ0n) is 16.3. The Bertz CT molecular complexity index is 828. The van der Waals surface area contributed by atoms with Gasteiger partial charge < -0.3 is 0 Å². The number of rotatable bonds is 5.